The number of aromatic nitrogens is 2. The Bertz CT molecular complexity index is 1020. The highest BCUT2D eigenvalue weighted by Crippen LogP contribution is 2.44. The van der Waals surface area contributed by atoms with Crippen molar-refractivity contribution >= 4 is 23.5 Å². The molecule has 2 heterocycles. The van der Waals surface area contributed by atoms with Crippen molar-refractivity contribution in [1.29, 1.82) is 0 Å². The van der Waals surface area contributed by atoms with E-state index in [1.807, 2.05) is 34.9 Å². The highest BCUT2D eigenvalue weighted by Gasteiger charge is 2.29. The minimum atomic E-state index is -0.173. The van der Waals surface area contributed by atoms with E-state index in [-0.39, 0.29) is 16.9 Å². The van der Waals surface area contributed by atoms with E-state index in [2.05, 4.69) is 10.3 Å². The predicted octanol–water partition coefficient (Wildman–Crippen LogP) is 3.37. The number of fused-ring (bicyclic) bond motifs is 1. The highest BCUT2D eigenvalue weighted by molar-refractivity contribution is 8.00. The van der Waals surface area contributed by atoms with E-state index < -0.39 is 0 Å². The van der Waals surface area contributed by atoms with E-state index in [0.717, 1.165) is 22.7 Å². The molecule has 144 valence electrons. The lowest BCUT2D eigenvalue weighted by atomic mass is 10.1. The van der Waals surface area contributed by atoms with Gasteiger partial charge in [-0.25, -0.2) is 4.98 Å². The molecule has 2 N–H and O–H groups in total. The number of imidazole rings is 1. The molecule has 0 bridgehead atoms. The minimum Gasteiger partial charge on any atom is -0.504 e. The molecule has 1 amide bonds. The SMILES string of the molecule is COc1ccc(-n2cnc3c2[C@@H](c2ccc(O)c(OC)c2)SCC(=O)N3)cc1. The van der Waals surface area contributed by atoms with Crippen LogP contribution >= 0.6 is 11.8 Å². The van der Waals surface area contributed by atoms with Crippen LogP contribution < -0.4 is 14.8 Å². The number of nitrogens with zero attached hydrogens (tertiary/aromatic N) is 2. The van der Waals surface area contributed by atoms with Gasteiger partial charge in [0.05, 0.1) is 30.9 Å². The van der Waals surface area contributed by atoms with Crippen LogP contribution in [-0.4, -0.2) is 40.5 Å². The van der Waals surface area contributed by atoms with Crippen molar-refractivity contribution in [2.24, 2.45) is 0 Å². The smallest absolute Gasteiger partial charge is 0.235 e. The van der Waals surface area contributed by atoms with Crippen LogP contribution in [0.4, 0.5) is 5.82 Å². The zero-order chi connectivity index (χ0) is 19.7. The van der Waals surface area contributed by atoms with Gasteiger partial charge in [0.1, 0.15) is 12.1 Å². The quantitative estimate of drug-likeness (QED) is 0.702. The lowest BCUT2D eigenvalue weighted by Gasteiger charge is -2.19. The predicted molar refractivity (Wildman–Crippen MR) is 108 cm³/mol. The third kappa shape index (κ3) is 3.27. The average Bonchev–Trinajstić information content (AvgIpc) is 3.04. The van der Waals surface area contributed by atoms with Gasteiger partial charge in [-0.1, -0.05) is 6.07 Å². The highest BCUT2D eigenvalue weighted by atomic mass is 32.2. The lowest BCUT2D eigenvalue weighted by Crippen LogP contribution is -2.12. The van der Waals surface area contributed by atoms with Gasteiger partial charge in [-0.05, 0) is 42.0 Å². The van der Waals surface area contributed by atoms with Gasteiger partial charge in [0.15, 0.2) is 17.3 Å². The van der Waals surface area contributed by atoms with Gasteiger partial charge < -0.3 is 19.9 Å². The largest absolute Gasteiger partial charge is 0.504 e. The molecule has 7 nitrogen and oxygen atoms in total. The van der Waals surface area contributed by atoms with E-state index in [0.29, 0.717) is 17.3 Å². The van der Waals surface area contributed by atoms with Crippen molar-refractivity contribution in [3.8, 4) is 22.9 Å². The van der Waals surface area contributed by atoms with Crippen LogP contribution in [0.5, 0.6) is 17.2 Å². The molecule has 0 saturated heterocycles. The molecule has 1 aliphatic rings. The number of benzene rings is 2. The average molecular weight is 397 g/mol. The van der Waals surface area contributed by atoms with E-state index in [9.17, 15) is 9.90 Å². The summed E-state index contributed by atoms with van der Waals surface area (Å²) in [6.07, 6.45) is 1.70. The molecule has 4 rings (SSSR count). The molecular formula is C20H19N3O4S. The minimum absolute atomic E-state index is 0.0722. The maximum Gasteiger partial charge on any atom is 0.235 e. The molecular weight excluding hydrogens is 378 g/mol. The third-order valence-electron chi connectivity index (χ3n) is 4.55. The Labute approximate surface area is 166 Å². The first-order chi connectivity index (χ1) is 13.6. The summed E-state index contributed by atoms with van der Waals surface area (Å²) < 4.78 is 12.5. The number of thioether (sulfide) groups is 1. The number of phenols is 1. The fourth-order valence-electron chi connectivity index (χ4n) is 3.17. The van der Waals surface area contributed by atoms with Gasteiger partial charge in [0, 0.05) is 5.69 Å². The number of hydrogen-bond acceptors (Lipinski definition) is 6. The van der Waals surface area contributed by atoms with E-state index >= 15 is 0 Å². The summed E-state index contributed by atoms with van der Waals surface area (Å²) in [6.45, 7) is 0. The topological polar surface area (TPSA) is 85.6 Å². The number of carbonyl (C=O) groups is 1. The summed E-state index contributed by atoms with van der Waals surface area (Å²) in [7, 11) is 3.13. The first-order valence-corrected chi connectivity index (χ1v) is 9.65. The fourth-order valence-corrected chi connectivity index (χ4v) is 4.28. The molecule has 0 saturated carbocycles. The van der Waals surface area contributed by atoms with Crippen molar-refractivity contribution < 1.29 is 19.4 Å². The van der Waals surface area contributed by atoms with Crippen molar-refractivity contribution in [3.05, 3.63) is 60.0 Å². The number of phenolic OH excluding ortho intramolecular Hbond substituents is 1. The van der Waals surface area contributed by atoms with Gasteiger partial charge >= 0.3 is 0 Å². The number of nitrogens with one attached hydrogen (secondary N) is 1. The molecule has 0 radical (unpaired) electrons. The fraction of sp³-hybridized carbons (Fsp3) is 0.200. The van der Waals surface area contributed by atoms with Crippen LogP contribution in [0, 0.1) is 0 Å². The van der Waals surface area contributed by atoms with Gasteiger partial charge in [-0.3, -0.25) is 9.36 Å². The van der Waals surface area contributed by atoms with Gasteiger partial charge in [0.2, 0.25) is 5.91 Å². The van der Waals surface area contributed by atoms with Crippen molar-refractivity contribution in [3.63, 3.8) is 0 Å². The van der Waals surface area contributed by atoms with Crippen LogP contribution in [-0.2, 0) is 4.79 Å². The first kappa shape index (κ1) is 18.2. The summed E-state index contributed by atoms with van der Waals surface area (Å²) in [5.41, 5.74) is 2.67. The Morgan fingerprint density at radius 3 is 2.68 bits per heavy atom. The lowest BCUT2D eigenvalue weighted by molar-refractivity contribution is -0.113. The number of hydrogen-bond donors (Lipinski definition) is 2. The zero-order valence-electron chi connectivity index (χ0n) is 15.4. The Morgan fingerprint density at radius 2 is 1.96 bits per heavy atom. The summed E-state index contributed by atoms with van der Waals surface area (Å²) in [5.74, 6) is 1.95. The zero-order valence-corrected chi connectivity index (χ0v) is 16.2. The van der Waals surface area contributed by atoms with E-state index in [1.54, 1.807) is 25.6 Å². The molecule has 0 aliphatic carbocycles. The number of amides is 1. The molecule has 1 aromatic heterocycles. The second-order valence-electron chi connectivity index (χ2n) is 6.22. The number of rotatable bonds is 4. The monoisotopic (exact) mass is 397 g/mol. The van der Waals surface area contributed by atoms with Crippen LogP contribution in [0.25, 0.3) is 5.69 Å². The van der Waals surface area contributed by atoms with Crippen LogP contribution in [0.3, 0.4) is 0 Å². The number of aromatic hydroxyl groups is 1. The summed E-state index contributed by atoms with van der Waals surface area (Å²) in [4.78, 5) is 16.6. The molecule has 8 heteroatoms. The number of anilines is 1. The van der Waals surface area contributed by atoms with Crippen molar-refractivity contribution in [2.75, 3.05) is 25.3 Å². The van der Waals surface area contributed by atoms with Crippen LogP contribution in [0.15, 0.2) is 48.8 Å². The molecule has 1 atom stereocenters. The van der Waals surface area contributed by atoms with E-state index in [4.69, 9.17) is 9.47 Å². The van der Waals surface area contributed by atoms with Gasteiger partial charge in [-0.2, -0.15) is 0 Å². The van der Waals surface area contributed by atoms with Crippen LogP contribution in [0.2, 0.25) is 0 Å². The maximum atomic E-state index is 12.2. The van der Waals surface area contributed by atoms with Crippen molar-refractivity contribution in [2.45, 2.75) is 5.25 Å². The standard InChI is InChI=1S/C20H19N3O4S/c1-26-14-6-4-13(5-7-14)23-11-21-20-18(23)19(28-10-17(25)22-20)12-3-8-15(24)16(9-12)27-2/h3-9,11,19,24H,10H2,1-2H3,(H,22,25)/t19-/m1/s1. The molecule has 1 aliphatic heterocycles. The Morgan fingerprint density at radius 1 is 1.18 bits per heavy atom. The molecule has 2 aromatic carbocycles. The van der Waals surface area contributed by atoms with Crippen molar-refractivity contribution in [1.82, 2.24) is 9.55 Å². The third-order valence-corrected chi connectivity index (χ3v) is 5.81. The van der Waals surface area contributed by atoms with E-state index in [1.165, 1.54) is 18.9 Å². The molecule has 3 aromatic rings. The van der Waals surface area contributed by atoms with Crippen LogP contribution in [0.1, 0.15) is 16.5 Å². The second-order valence-corrected chi connectivity index (χ2v) is 7.31. The Balaban J connectivity index is 1.84. The Kier molecular flexibility index (Phi) is 4.87. The maximum absolute atomic E-state index is 12.2. The Hall–Kier alpha value is -3.13. The number of carbonyl (C=O) groups excluding carboxylic acids is 1. The van der Waals surface area contributed by atoms with Gasteiger partial charge in [-0.15, -0.1) is 11.8 Å². The number of methoxy groups -OCH3 is 2. The summed E-state index contributed by atoms with van der Waals surface area (Å²) >= 11 is 1.50. The molecule has 0 fully saturated rings. The van der Waals surface area contributed by atoms with Gasteiger partial charge in [0.25, 0.3) is 0 Å². The second kappa shape index (κ2) is 7.47. The molecule has 0 spiro atoms. The number of ether oxygens (including phenoxy) is 2. The summed E-state index contributed by atoms with van der Waals surface area (Å²) in [6, 6.07) is 12.9. The first-order valence-electron chi connectivity index (χ1n) is 8.60. The normalized spacial score (nSPS) is 16.1. The molecule has 0 unspecified atom stereocenters. The molecule has 28 heavy (non-hydrogen) atoms. The summed E-state index contributed by atoms with van der Waals surface area (Å²) in [5, 5.41) is 12.6.